The summed E-state index contributed by atoms with van der Waals surface area (Å²) in [5.41, 5.74) is 2.27. The van der Waals surface area contributed by atoms with Gasteiger partial charge in [0.25, 0.3) is 0 Å². The van der Waals surface area contributed by atoms with E-state index in [1.54, 1.807) is 13.1 Å². The van der Waals surface area contributed by atoms with Gasteiger partial charge in [-0.15, -0.1) is 0 Å². The minimum atomic E-state index is -0.372. The van der Waals surface area contributed by atoms with Crippen LogP contribution in [0.25, 0.3) is 11.1 Å². The molecule has 0 aliphatic carbocycles. The van der Waals surface area contributed by atoms with E-state index in [4.69, 9.17) is 20.4 Å². The van der Waals surface area contributed by atoms with Gasteiger partial charge >= 0.3 is 5.76 Å². The standard InChI is InChI=1S/C15H15ClN2O3/c1-3-17-14(11-6-7-13(16)20-11)9-4-5-10-12(8-9)21-15(19)18(10)2/h4-8,14,17H,3H2,1-2H3. The molecule has 0 radical (unpaired) electrons. The maximum Gasteiger partial charge on any atom is 0.419 e. The van der Waals surface area contributed by atoms with Crippen molar-refractivity contribution in [1.82, 2.24) is 9.88 Å². The van der Waals surface area contributed by atoms with Crippen LogP contribution in [0.4, 0.5) is 0 Å². The lowest BCUT2D eigenvalue weighted by Crippen LogP contribution is -2.21. The molecule has 2 heterocycles. The number of fused-ring (bicyclic) bond motifs is 1. The summed E-state index contributed by atoms with van der Waals surface area (Å²) in [4.78, 5) is 11.6. The van der Waals surface area contributed by atoms with E-state index in [1.165, 1.54) is 4.57 Å². The molecule has 0 saturated carbocycles. The Morgan fingerprint density at radius 2 is 2.10 bits per heavy atom. The summed E-state index contributed by atoms with van der Waals surface area (Å²) in [5, 5.41) is 3.68. The van der Waals surface area contributed by atoms with E-state index in [-0.39, 0.29) is 11.8 Å². The van der Waals surface area contributed by atoms with Gasteiger partial charge in [0.2, 0.25) is 0 Å². The van der Waals surface area contributed by atoms with Gasteiger partial charge in [0.1, 0.15) is 5.76 Å². The SMILES string of the molecule is CCNC(c1ccc2c(c1)oc(=O)n2C)c1ccc(Cl)o1. The summed E-state index contributed by atoms with van der Waals surface area (Å²) in [7, 11) is 1.68. The summed E-state index contributed by atoms with van der Waals surface area (Å²) in [6.07, 6.45) is 0. The lowest BCUT2D eigenvalue weighted by atomic mass is 10.0. The molecule has 1 aromatic carbocycles. The molecule has 110 valence electrons. The molecule has 0 saturated heterocycles. The first-order chi connectivity index (χ1) is 10.1. The highest BCUT2D eigenvalue weighted by molar-refractivity contribution is 6.28. The first-order valence-electron chi connectivity index (χ1n) is 6.68. The van der Waals surface area contributed by atoms with Gasteiger partial charge in [0.05, 0.1) is 11.6 Å². The van der Waals surface area contributed by atoms with Crippen LogP contribution in [0.1, 0.15) is 24.3 Å². The molecule has 0 aliphatic heterocycles. The van der Waals surface area contributed by atoms with E-state index in [2.05, 4.69) is 5.32 Å². The second-order valence-electron chi connectivity index (χ2n) is 4.79. The van der Waals surface area contributed by atoms with Crippen LogP contribution in [0, 0.1) is 0 Å². The van der Waals surface area contributed by atoms with Crippen molar-refractivity contribution in [2.75, 3.05) is 6.54 Å². The fraction of sp³-hybridized carbons (Fsp3) is 0.267. The highest BCUT2D eigenvalue weighted by Gasteiger charge is 2.18. The number of aryl methyl sites for hydroxylation is 1. The van der Waals surface area contributed by atoms with Crippen molar-refractivity contribution in [3.8, 4) is 0 Å². The molecule has 0 spiro atoms. The Balaban J connectivity index is 2.09. The van der Waals surface area contributed by atoms with Crippen molar-refractivity contribution in [3.05, 3.63) is 57.4 Å². The van der Waals surface area contributed by atoms with Gasteiger partial charge in [-0.25, -0.2) is 4.79 Å². The fourth-order valence-corrected chi connectivity index (χ4v) is 2.55. The zero-order chi connectivity index (χ0) is 15.0. The van der Waals surface area contributed by atoms with E-state index in [0.717, 1.165) is 23.4 Å². The van der Waals surface area contributed by atoms with Crippen LogP contribution < -0.4 is 11.1 Å². The molecule has 1 N–H and O–H groups in total. The maximum atomic E-state index is 11.6. The van der Waals surface area contributed by atoms with Gasteiger partial charge in [-0.05, 0) is 48.0 Å². The predicted octanol–water partition coefficient (Wildman–Crippen LogP) is 3.08. The number of furan rings is 1. The minimum Gasteiger partial charge on any atom is -0.448 e. The quantitative estimate of drug-likeness (QED) is 0.804. The van der Waals surface area contributed by atoms with Crippen LogP contribution in [-0.4, -0.2) is 11.1 Å². The smallest absolute Gasteiger partial charge is 0.419 e. The van der Waals surface area contributed by atoms with Crippen LogP contribution in [0.15, 0.2) is 44.0 Å². The van der Waals surface area contributed by atoms with Gasteiger partial charge in [-0.1, -0.05) is 13.0 Å². The van der Waals surface area contributed by atoms with Gasteiger partial charge in [0.15, 0.2) is 10.8 Å². The first-order valence-corrected chi connectivity index (χ1v) is 7.06. The van der Waals surface area contributed by atoms with Crippen LogP contribution in [0.2, 0.25) is 5.22 Å². The Morgan fingerprint density at radius 1 is 1.29 bits per heavy atom. The van der Waals surface area contributed by atoms with Crippen LogP contribution in [-0.2, 0) is 7.05 Å². The second-order valence-corrected chi connectivity index (χ2v) is 5.16. The highest BCUT2D eigenvalue weighted by atomic mass is 35.5. The molecule has 5 nitrogen and oxygen atoms in total. The van der Waals surface area contributed by atoms with E-state index < -0.39 is 0 Å². The average molecular weight is 307 g/mol. The number of oxazole rings is 1. The molecule has 3 aromatic rings. The summed E-state index contributed by atoms with van der Waals surface area (Å²) in [6, 6.07) is 9.06. The number of nitrogens with one attached hydrogen (secondary N) is 1. The molecule has 21 heavy (non-hydrogen) atoms. The van der Waals surface area contributed by atoms with Crippen LogP contribution in [0.3, 0.4) is 0 Å². The molecule has 0 bridgehead atoms. The number of hydrogen-bond acceptors (Lipinski definition) is 4. The summed E-state index contributed by atoms with van der Waals surface area (Å²) < 4.78 is 12.2. The molecule has 6 heteroatoms. The number of nitrogens with zero attached hydrogens (tertiary/aromatic N) is 1. The number of benzene rings is 1. The van der Waals surface area contributed by atoms with Crippen molar-refractivity contribution in [2.45, 2.75) is 13.0 Å². The summed E-state index contributed by atoms with van der Waals surface area (Å²) >= 11 is 5.85. The molecule has 0 aliphatic rings. The Bertz CT molecular complexity index is 831. The zero-order valence-electron chi connectivity index (χ0n) is 11.7. The van der Waals surface area contributed by atoms with E-state index in [0.29, 0.717) is 10.8 Å². The topological polar surface area (TPSA) is 60.3 Å². The van der Waals surface area contributed by atoms with Crippen molar-refractivity contribution < 1.29 is 8.83 Å². The number of aromatic nitrogens is 1. The lowest BCUT2D eigenvalue weighted by molar-refractivity contribution is 0.453. The molecular weight excluding hydrogens is 292 g/mol. The van der Waals surface area contributed by atoms with Crippen molar-refractivity contribution in [3.63, 3.8) is 0 Å². The third kappa shape index (κ3) is 2.50. The molecular formula is C15H15ClN2O3. The molecule has 3 rings (SSSR count). The monoisotopic (exact) mass is 306 g/mol. The van der Waals surface area contributed by atoms with Gasteiger partial charge in [-0.3, -0.25) is 4.57 Å². The van der Waals surface area contributed by atoms with Crippen molar-refractivity contribution >= 4 is 22.7 Å². The lowest BCUT2D eigenvalue weighted by Gasteiger charge is -2.15. The third-order valence-corrected chi connectivity index (χ3v) is 3.64. The maximum absolute atomic E-state index is 11.6. The van der Waals surface area contributed by atoms with E-state index in [9.17, 15) is 4.79 Å². The molecule has 0 amide bonds. The second kappa shape index (κ2) is 5.42. The zero-order valence-corrected chi connectivity index (χ0v) is 12.5. The normalized spacial score (nSPS) is 12.9. The minimum absolute atomic E-state index is 0.141. The van der Waals surface area contributed by atoms with E-state index >= 15 is 0 Å². The Labute approximate surface area is 126 Å². The molecule has 1 unspecified atom stereocenters. The number of halogens is 1. The predicted molar refractivity (Wildman–Crippen MR) is 80.7 cm³/mol. The van der Waals surface area contributed by atoms with Crippen LogP contribution >= 0.6 is 11.6 Å². The Kier molecular flexibility index (Phi) is 3.61. The molecule has 1 atom stereocenters. The van der Waals surface area contributed by atoms with Gasteiger partial charge in [0, 0.05) is 7.05 Å². The summed E-state index contributed by atoms with van der Waals surface area (Å²) in [6.45, 7) is 2.78. The van der Waals surface area contributed by atoms with Crippen LogP contribution in [0.5, 0.6) is 0 Å². The van der Waals surface area contributed by atoms with Crippen molar-refractivity contribution in [1.29, 1.82) is 0 Å². The average Bonchev–Trinajstić information content (AvgIpc) is 3.01. The summed E-state index contributed by atoms with van der Waals surface area (Å²) in [5.74, 6) is 0.350. The van der Waals surface area contributed by atoms with E-state index in [1.807, 2.05) is 31.2 Å². The Morgan fingerprint density at radius 3 is 2.76 bits per heavy atom. The molecule has 0 fully saturated rings. The fourth-order valence-electron chi connectivity index (χ4n) is 2.40. The molecule has 2 aromatic heterocycles. The third-order valence-electron chi connectivity index (χ3n) is 3.44. The van der Waals surface area contributed by atoms with Crippen molar-refractivity contribution in [2.24, 2.45) is 7.05 Å². The largest absolute Gasteiger partial charge is 0.448 e. The van der Waals surface area contributed by atoms with Gasteiger partial charge in [-0.2, -0.15) is 0 Å². The Hall–Kier alpha value is -1.98. The first kappa shape index (κ1) is 14.0. The number of rotatable bonds is 4. The number of hydrogen-bond donors (Lipinski definition) is 1. The highest BCUT2D eigenvalue weighted by Crippen LogP contribution is 2.27. The van der Waals surface area contributed by atoms with Gasteiger partial charge < -0.3 is 14.2 Å².